The number of fused-ring (bicyclic) bond motifs is 1. The second-order valence-corrected chi connectivity index (χ2v) is 7.43. The number of carboxylic acid groups (broad SMARTS) is 1. The molecule has 0 unspecified atom stereocenters. The molecule has 0 aliphatic heterocycles. The number of halogens is 2. The van der Waals surface area contributed by atoms with Crippen molar-refractivity contribution in [2.75, 3.05) is 0 Å². The van der Waals surface area contributed by atoms with Crippen LogP contribution in [-0.4, -0.2) is 30.6 Å². The Labute approximate surface area is 186 Å². The van der Waals surface area contributed by atoms with E-state index in [0.29, 0.717) is 33.5 Å². The number of carbonyl (C=O) groups is 1. The lowest BCUT2D eigenvalue weighted by molar-refractivity contribution is 0.0680. The van der Waals surface area contributed by atoms with Crippen LogP contribution in [0.15, 0.2) is 73.1 Å². The van der Waals surface area contributed by atoms with Gasteiger partial charge in [0, 0.05) is 36.1 Å². The van der Waals surface area contributed by atoms with E-state index in [1.165, 1.54) is 28.8 Å². The number of aromatic nitrogens is 4. The average molecular weight is 442 g/mol. The van der Waals surface area contributed by atoms with Crippen molar-refractivity contribution in [1.29, 1.82) is 0 Å². The second kappa shape index (κ2) is 7.90. The number of rotatable bonds is 4. The molecule has 0 saturated heterocycles. The second-order valence-electron chi connectivity index (χ2n) is 7.43. The summed E-state index contributed by atoms with van der Waals surface area (Å²) in [6.45, 7) is 0. The first-order chi connectivity index (χ1) is 15.9. The van der Waals surface area contributed by atoms with E-state index in [4.69, 9.17) is 4.98 Å². The van der Waals surface area contributed by atoms with Gasteiger partial charge in [0.2, 0.25) is 5.82 Å². The van der Waals surface area contributed by atoms with Gasteiger partial charge < -0.3 is 9.67 Å². The number of aromatic carboxylic acids is 1. The fourth-order valence-electron chi connectivity index (χ4n) is 3.95. The summed E-state index contributed by atoms with van der Waals surface area (Å²) in [5.74, 6) is -2.17. The van der Waals surface area contributed by atoms with Gasteiger partial charge in [0.25, 0.3) is 0 Å². The Bertz CT molecular complexity index is 1500. The zero-order valence-electron chi connectivity index (χ0n) is 17.3. The molecule has 0 amide bonds. The van der Waals surface area contributed by atoms with Crippen LogP contribution in [0.1, 0.15) is 10.6 Å². The smallest absolute Gasteiger partial charge is 0.372 e. The van der Waals surface area contributed by atoms with Gasteiger partial charge in [-0.15, -0.1) is 0 Å². The molecule has 0 spiro atoms. The van der Waals surface area contributed by atoms with E-state index >= 15 is 0 Å². The molecule has 162 valence electrons. The molecule has 8 heteroatoms. The number of imidazole rings is 1. The molecule has 5 aromatic rings. The van der Waals surface area contributed by atoms with Crippen LogP contribution in [-0.2, 0) is 7.05 Å². The summed E-state index contributed by atoms with van der Waals surface area (Å²) < 4.78 is 28.9. The molecule has 0 radical (unpaired) electrons. The highest BCUT2D eigenvalue weighted by Crippen LogP contribution is 2.43. The van der Waals surface area contributed by atoms with Gasteiger partial charge >= 0.3 is 5.97 Å². The highest BCUT2D eigenvalue weighted by atomic mass is 19.1. The highest BCUT2D eigenvalue weighted by molar-refractivity contribution is 6.06. The van der Waals surface area contributed by atoms with Crippen molar-refractivity contribution in [2.45, 2.75) is 0 Å². The van der Waals surface area contributed by atoms with E-state index in [1.807, 2.05) is 0 Å². The third-order valence-electron chi connectivity index (χ3n) is 5.43. The molecular weight excluding hydrogens is 426 g/mol. The Morgan fingerprint density at radius 2 is 1.33 bits per heavy atom. The van der Waals surface area contributed by atoms with Gasteiger partial charge in [0.1, 0.15) is 11.6 Å². The van der Waals surface area contributed by atoms with Crippen LogP contribution in [0.2, 0.25) is 0 Å². The van der Waals surface area contributed by atoms with Crippen LogP contribution in [0.25, 0.3) is 44.7 Å². The largest absolute Gasteiger partial charge is 0.475 e. The molecule has 0 fully saturated rings. The molecule has 2 aromatic carbocycles. The number of aryl methyl sites for hydroxylation is 1. The molecule has 33 heavy (non-hydrogen) atoms. The lowest BCUT2D eigenvalue weighted by Crippen LogP contribution is -2.06. The number of hydrogen-bond donors (Lipinski definition) is 1. The standard InChI is InChI=1S/C25H16F2N4O2/c1-31-22-20(14-2-6-17(26)7-3-14)19(15-10-12-28-13-11-15)21(16-4-8-18(27)9-5-16)29-23(22)30-24(31)25(32)33/h2-13H,1H3,(H,32,33). The molecule has 3 heterocycles. The van der Waals surface area contributed by atoms with Crippen molar-refractivity contribution in [2.24, 2.45) is 7.05 Å². The number of carboxylic acids is 1. The van der Waals surface area contributed by atoms with E-state index in [9.17, 15) is 18.7 Å². The first-order valence-corrected chi connectivity index (χ1v) is 10.00. The molecule has 5 rings (SSSR count). The Morgan fingerprint density at radius 1 is 0.788 bits per heavy atom. The SMILES string of the molecule is Cn1c(C(=O)O)nc2nc(-c3ccc(F)cc3)c(-c3ccncc3)c(-c3ccc(F)cc3)c21. The third-order valence-corrected chi connectivity index (χ3v) is 5.43. The Balaban J connectivity index is 1.99. The number of benzene rings is 2. The lowest BCUT2D eigenvalue weighted by Gasteiger charge is -2.17. The van der Waals surface area contributed by atoms with E-state index in [2.05, 4.69) is 9.97 Å². The van der Waals surface area contributed by atoms with E-state index < -0.39 is 17.6 Å². The van der Waals surface area contributed by atoms with Gasteiger partial charge in [-0.25, -0.2) is 23.5 Å². The molecule has 0 saturated carbocycles. The molecule has 3 aromatic heterocycles. The molecule has 6 nitrogen and oxygen atoms in total. The van der Waals surface area contributed by atoms with Gasteiger partial charge in [-0.3, -0.25) is 4.98 Å². The molecule has 0 atom stereocenters. The van der Waals surface area contributed by atoms with Crippen molar-refractivity contribution in [1.82, 2.24) is 19.5 Å². The van der Waals surface area contributed by atoms with Crippen molar-refractivity contribution >= 4 is 17.1 Å². The predicted molar refractivity (Wildman–Crippen MR) is 119 cm³/mol. The van der Waals surface area contributed by atoms with Crippen LogP contribution in [0.5, 0.6) is 0 Å². The maximum absolute atomic E-state index is 13.8. The maximum atomic E-state index is 13.8. The van der Waals surface area contributed by atoms with Crippen LogP contribution in [0.4, 0.5) is 8.78 Å². The lowest BCUT2D eigenvalue weighted by atomic mass is 9.90. The van der Waals surface area contributed by atoms with E-state index in [1.54, 1.807) is 55.8 Å². The van der Waals surface area contributed by atoms with E-state index in [0.717, 1.165) is 5.56 Å². The zero-order valence-corrected chi connectivity index (χ0v) is 17.3. The van der Waals surface area contributed by atoms with Crippen molar-refractivity contribution in [3.63, 3.8) is 0 Å². The van der Waals surface area contributed by atoms with Crippen molar-refractivity contribution < 1.29 is 18.7 Å². The highest BCUT2D eigenvalue weighted by Gasteiger charge is 2.25. The van der Waals surface area contributed by atoms with Crippen molar-refractivity contribution in [3.8, 4) is 33.5 Å². The summed E-state index contributed by atoms with van der Waals surface area (Å²) in [7, 11) is 1.60. The normalized spacial score (nSPS) is 11.1. The minimum atomic E-state index is -1.20. The first-order valence-electron chi connectivity index (χ1n) is 10.00. The molecule has 0 aliphatic rings. The minimum Gasteiger partial charge on any atom is -0.475 e. The van der Waals surface area contributed by atoms with Gasteiger partial charge in [-0.1, -0.05) is 12.1 Å². The first kappa shape index (κ1) is 20.4. The van der Waals surface area contributed by atoms with Gasteiger partial charge in [0.05, 0.1) is 11.2 Å². The van der Waals surface area contributed by atoms with E-state index in [-0.39, 0.29) is 11.5 Å². The summed E-state index contributed by atoms with van der Waals surface area (Å²) in [6, 6.07) is 15.4. The quantitative estimate of drug-likeness (QED) is 0.406. The number of nitrogens with zero attached hydrogens (tertiary/aromatic N) is 4. The van der Waals surface area contributed by atoms with Gasteiger partial charge in [0.15, 0.2) is 5.65 Å². The Morgan fingerprint density at radius 3 is 1.91 bits per heavy atom. The molecule has 1 N–H and O–H groups in total. The zero-order chi connectivity index (χ0) is 23.1. The summed E-state index contributed by atoms with van der Waals surface area (Å²) in [4.78, 5) is 24.9. The molecule has 0 aliphatic carbocycles. The maximum Gasteiger partial charge on any atom is 0.372 e. The predicted octanol–water partition coefficient (Wildman–Crippen LogP) is 5.34. The van der Waals surface area contributed by atoms with Crippen LogP contribution >= 0.6 is 0 Å². The fourth-order valence-corrected chi connectivity index (χ4v) is 3.95. The van der Waals surface area contributed by atoms with Crippen LogP contribution in [0, 0.1) is 11.6 Å². The summed E-state index contributed by atoms with van der Waals surface area (Å²) >= 11 is 0. The average Bonchev–Trinajstić information content (AvgIpc) is 3.16. The summed E-state index contributed by atoms with van der Waals surface area (Å²) in [5.41, 5.74) is 4.52. The molecular formula is C25H16F2N4O2. The number of pyridine rings is 2. The number of hydrogen-bond acceptors (Lipinski definition) is 4. The van der Waals surface area contributed by atoms with Gasteiger partial charge in [-0.05, 0) is 59.7 Å². The Hall–Kier alpha value is -4.46. The van der Waals surface area contributed by atoms with Crippen LogP contribution < -0.4 is 0 Å². The summed E-state index contributed by atoms with van der Waals surface area (Å²) in [6.07, 6.45) is 3.27. The van der Waals surface area contributed by atoms with Crippen LogP contribution in [0.3, 0.4) is 0 Å². The fraction of sp³-hybridized carbons (Fsp3) is 0.0400. The van der Waals surface area contributed by atoms with Crippen molar-refractivity contribution in [3.05, 3.63) is 90.5 Å². The molecule has 0 bridgehead atoms. The summed E-state index contributed by atoms with van der Waals surface area (Å²) in [5, 5.41) is 9.66. The van der Waals surface area contributed by atoms with Gasteiger partial charge in [-0.2, -0.15) is 0 Å². The Kier molecular flexibility index (Phi) is 4.90. The topological polar surface area (TPSA) is 80.9 Å². The minimum absolute atomic E-state index is 0.183. The third kappa shape index (κ3) is 3.51. The monoisotopic (exact) mass is 442 g/mol.